The van der Waals surface area contributed by atoms with Crippen LogP contribution in [0.1, 0.15) is 55.1 Å². The Bertz CT molecular complexity index is 1460. The summed E-state index contributed by atoms with van der Waals surface area (Å²) in [6, 6.07) is 16.6. The molecule has 1 aromatic heterocycles. The Hall–Kier alpha value is -4.64. The number of amides is 1. The van der Waals surface area contributed by atoms with E-state index in [0.29, 0.717) is 55.0 Å². The number of nitrogens with one attached hydrogen (secondary N) is 2. The minimum absolute atomic E-state index is 0.260. The van der Waals surface area contributed by atoms with Crippen LogP contribution < -0.4 is 16.0 Å². The Morgan fingerprint density at radius 3 is 2.54 bits per heavy atom. The summed E-state index contributed by atoms with van der Waals surface area (Å²) in [6.45, 7) is 6.43. The predicted molar refractivity (Wildman–Crippen MR) is 159 cm³/mol. The molecule has 2 aliphatic heterocycles. The zero-order valence-corrected chi connectivity index (χ0v) is 23.2. The summed E-state index contributed by atoms with van der Waals surface area (Å²) in [5.41, 5.74) is 9.34. The second-order valence-corrected chi connectivity index (χ2v) is 9.49. The second kappa shape index (κ2) is 12.7. The van der Waals surface area contributed by atoms with Gasteiger partial charge >= 0.3 is 0 Å². The Kier molecular flexibility index (Phi) is 8.64. The summed E-state index contributed by atoms with van der Waals surface area (Å²) in [7, 11) is 0. The summed E-state index contributed by atoms with van der Waals surface area (Å²) in [4.78, 5) is 33.3. The zero-order chi connectivity index (χ0) is 28.8. The van der Waals surface area contributed by atoms with Gasteiger partial charge in [-0.25, -0.2) is 15.0 Å². The largest absolute Gasteiger partial charge is 0.407 e. The van der Waals surface area contributed by atoms with E-state index in [1.807, 2.05) is 68.4 Å². The van der Waals surface area contributed by atoms with Gasteiger partial charge in [0.2, 0.25) is 12.1 Å². The van der Waals surface area contributed by atoms with Crippen molar-refractivity contribution in [2.45, 2.75) is 38.8 Å². The van der Waals surface area contributed by atoms with Crippen molar-refractivity contribution in [1.29, 1.82) is 5.41 Å². The van der Waals surface area contributed by atoms with Gasteiger partial charge in [-0.05, 0) is 18.9 Å². The molecule has 1 unspecified atom stereocenters. The Labute approximate surface area is 239 Å². The Balaban J connectivity index is 0.00000165. The number of aromatic nitrogens is 2. The molecule has 6 rings (SSSR count). The summed E-state index contributed by atoms with van der Waals surface area (Å²) in [5.74, 6) is 1.02. The van der Waals surface area contributed by atoms with E-state index in [2.05, 4.69) is 25.2 Å². The van der Waals surface area contributed by atoms with Crippen molar-refractivity contribution >= 4 is 35.0 Å². The van der Waals surface area contributed by atoms with Crippen LogP contribution in [0.2, 0.25) is 0 Å². The first kappa shape index (κ1) is 27.9. The minimum atomic E-state index is -1.22. The number of nitrogens with zero attached hydrogens (tertiary/aromatic N) is 5. The number of amidine groups is 1. The number of aliphatic imine (C=N–C) groups is 2. The third-order valence-electron chi connectivity index (χ3n) is 6.71. The summed E-state index contributed by atoms with van der Waals surface area (Å²) in [5, 5.41) is 11.5. The summed E-state index contributed by atoms with van der Waals surface area (Å²) < 4.78 is 11.1. The molecule has 3 heterocycles. The van der Waals surface area contributed by atoms with Crippen molar-refractivity contribution in [2.75, 3.05) is 36.5 Å². The number of nitrogens with two attached hydrogens (primary N) is 1. The molecule has 41 heavy (non-hydrogen) atoms. The fourth-order valence-electron chi connectivity index (χ4n) is 4.57. The van der Waals surface area contributed by atoms with Crippen molar-refractivity contribution in [3.63, 3.8) is 0 Å². The maximum atomic E-state index is 13.1. The van der Waals surface area contributed by atoms with Crippen molar-refractivity contribution in [3.05, 3.63) is 83.3 Å². The van der Waals surface area contributed by atoms with E-state index in [9.17, 15) is 4.79 Å². The molecule has 4 N–H and O–H groups in total. The lowest BCUT2D eigenvalue weighted by atomic mass is 10.0. The number of anilines is 2. The molecule has 0 spiro atoms. The van der Waals surface area contributed by atoms with Crippen molar-refractivity contribution in [3.8, 4) is 0 Å². The van der Waals surface area contributed by atoms with Crippen molar-refractivity contribution in [2.24, 2.45) is 15.7 Å². The summed E-state index contributed by atoms with van der Waals surface area (Å²) >= 11 is 0. The first-order chi connectivity index (χ1) is 20.1. The van der Waals surface area contributed by atoms with Crippen LogP contribution >= 0.6 is 0 Å². The number of ether oxygens (including phenoxy) is 2. The van der Waals surface area contributed by atoms with Crippen molar-refractivity contribution in [1.82, 2.24) is 9.97 Å². The number of benzodiazepines with no additional fused rings is 1. The summed E-state index contributed by atoms with van der Waals surface area (Å²) in [6.07, 6.45) is 2.51. The number of hydrogen-bond acceptors (Lipinski definition) is 9. The first-order valence-electron chi connectivity index (χ1n) is 13.9. The quantitative estimate of drug-likeness (QED) is 0.321. The molecule has 212 valence electrons. The zero-order valence-electron chi connectivity index (χ0n) is 23.2. The van der Waals surface area contributed by atoms with Gasteiger partial charge in [-0.2, -0.15) is 4.99 Å². The fourth-order valence-corrected chi connectivity index (χ4v) is 4.57. The third-order valence-corrected chi connectivity index (χ3v) is 6.71. The van der Waals surface area contributed by atoms with E-state index in [1.54, 1.807) is 6.20 Å². The van der Waals surface area contributed by atoms with E-state index in [4.69, 9.17) is 25.6 Å². The molecule has 1 saturated heterocycles. The van der Waals surface area contributed by atoms with Crippen LogP contribution in [0.5, 0.6) is 0 Å². The molecular formula is C30H34N8O3. The molecule has 1 amide bonds. The van der Waals surface area contributed by atoms with E-state index in [1.165, 1.54) is 0 Å². The molecule has 2 aromatic carbocycles. The highest BCUT2D eigenvalue weighted by molar-refractivity contribution is 6.19. The molecule has 11 nitrogen and oxygen atoms in total. The van der Waals surface area contributed by atoms with Gasteiger partial charge in [0.1, 0.15) is 11.6 Å². The van der Waals surface area contributed by atoms with E-state index < -0.39 is 12.1 Å². The molecule has 1 aliphatic carbocycles. The highest BCUT2D eigenvalue weighted by atomic mass is 16.5. The number of hydrogen-bond donors (Lipinski definition) is 3. The number of benzene rings is 2. The molecule has 3 aromatic rings. The predicted octanol–water partition coefficient (Wildman–Crippen LogP) is 3.69. The number of para-hydroxylation sites is 1. The number of rotatable bonds is 5. The van der Waals surface area contributed by atoms with E-state index >= 15 is 0 Å². The Morgan fingerprint density at radius 1 is 1.10 bits per heavy atom. The smallest absolute Gasteiger partial charge is 0.291 e. The van der Waals surface area contributed by atoms with Gasteiger partial charge in [0.15, 0.2) is 0 Å². The SMILES string of the molecule is CC.N=C(O/C(N)=N/C1N=C(c2ccccc2)c2ccccc2NC1=O)c1cnc(C2CC2)nc1N1CCOCC1. The number of carbonyl (C=O) groups excluding carboxylic acids is 1. The third kappa shape index (κ3) is 6.41. The van der Waals surface area contributed by atoms with Crippen LogP contribution in [0.25, 0.3) is 0 Å². The van der Waals surface area contributed by atoms with Crippen LogP contribution in [0.15, 0.2) is 70.8 Å². The Morgan fingerprint density at radius 2 is 1.80 bits per heavy atom. The van der Waals surface area contributed by atoms with Gasteiger partial charge in [-0.15, -0.1) is 0 Å². The molecule has 3 aliphatic rings. The fraction of sp³-hybridized carbons (Fsp3) is 0.333. The van der Waals surface area contributed by atoms with Gasteiger partial charge < -0.3 is 25.4 Å². The van der Waals surface area contributed by atoms with Gasteiger partial charge in [0.25, 0.3) is 11.9 Å². The average Bonchev–Trinajstić information content (AvgIpc) is 3.88. The molecule has 1 saturated carbocycles. The maximum absolute atomic E-state index is 13.1. The van der Waals surface area contributed by atoms with Crippen LogP contribution in [0.3, 0.4) is 0 Å². The van der Waals surface area contributed by atoms with Gasteiger partial charge in [0.05, 0.1) is 30.2 Å². The number of morpholine rings is 1. The minimum Gasteiger partial charge on any atom is -0.407 e. The van der Waals surface area contributed by atoms with Crippen LogP contribution in [0.4, 0.5) is 11.5 Å². The highest BCUT2D eigenvalue weighted by Crippen LogP contribution is 2.39. The van der Waals surface area contributed by atoms with Crippen molar-refractivity contribution < 1.29 is 14.3 Å². The van der Waals surface area contributed by atoms with Gasteiger partial charge in [-0.3, -0.25) is 10.2 Å². The molecule has 0 bridgehead atoms. The van der Waals surface area contributed by atoms with Crippen LogP contribution in [-0.4, -0.2) is 66.0 Å². The lowest BCUT2D eigenvalue weighted by Crippen LogP contribution is -2.38. The average molecular weight is 555 g/mol. The molecule has 1 atom stereocenters. The molecule has 0 radical (unpaired) electrons. The van der Waals surface area contributed by atoms with Crippen LogP contribution in [0, 0.1) is 5.41 Å². The van der Waals surface area contributed by atoms with Crippen LogP contribution in [-0.2, 0) is 14.3 Å². The van der Waals surface area contributed by atoms with E-state index in [0.717, 1.165) is 29.8 Å². The topological polar surface area (TPSA) is 151 Å². The normalized spacial score (nSPS) is 18.6. The van der Waals surface area contributed by atoms with E-state index in [-0.39, 0.29) is 11.9 Å². The second-order valence-electron chi connectivity index (χ2n) is 9.49. The lowest BCUT2D eigenvalue weighted by Gasteiger charge is -2.29. The molecule has 11 heteroatoms. The highest BCUT2D eigenvalue weighted by Gasteiger charge is 2.30. The van der Waals surface area contributed by atoms with Gasteiger partial charge in [0, 0.05) is 36.3 Å². The number of fused-ring (bicyclic) bond motifs is 1. The standard InChI is InChI=1S/C28H28N8O3.C2H6/c29-23(20-16-31-24(18-10-11-18)34-26(20)36-12-14-38-15-13-36)39-28(30)35-25-27(37)32-21-9-5-4-8-19(21)22(33-25)17-6-2-1-3-7-17;1-2/h1-9,16,18,25,29H,10-15H2,(H2,30,35)(H,32,37);1-2H3. The lowest BCUT2D eigenvalue weighted by molar-refractivity contribution is -0.117. The molecular weight excluding hydrogens is 520 g/mol. The number of carbonyl (C=O) groups is 1. The monoisotopic (exact) mass is 554 g/mol. The van der Waals surface area contributed by atoms with Gasteiger partial charge in [-0.1, -0.05) is 62.4 Å². The molecule has 2 fully saturated rings. The first-order valence-corrected chi connectivity index (χ1v) is 13.9. The maximum Gasteiger partial charge on any atom is 0.291 e.